The molecule has 5 heteroatoms. The monoisotopic (exact) mass is 341 g/mol. The molecule has 1 N–H and O–H groups in total. The van der Waals surface area contributed by atoms with Gasteiger partial charge in [0.1, 0.15) is 5.82 Å². The third kappa shape index (κ3) is 1.88. The fourth-order valence-corrected chi connectivity index (χ4v) is 3.18. The number of imidazole rings is 1. The van der Waals surface area contributed by atoms with Crippen LogP contribution in [0.4, 0.5) is 0 Å². The van der Waals surface area contributed by atoms with Gasteiger partial charge in [0.15, 0.2) is 0 Å². The summed E-state index contributed by atoms with van der Waals surface area (Å²) in [5.41, 5.74) is 4.78. The number of hydrogen-bond donors (Lipinski definition) is 1. The Morgan fingerprint density at radius 3 is 2.71 bits per heavy atom. The quantitative estimate of drug-likeness (QED) is 0.536. The lowest BCUT2D eigenvalue weighted by atomic mass is 10.0. The van der Waals surface area contributed by atoms with Crippen LogP contribution in [0.5, 0.6) is 0 Å². The Morgan fingerprint density at radius 1 is 1.14 bits per heavy atom. The first kappa shape index (κ1) is 12.6. The summed E-state index contributed by atoms with van der Waals surface area (Å²) in [6.07, 6.45) is 0.711. The molecule has 0 bridgehead atoms. The van der Waals surface area contributed by atoms with Crippen LogP contribution in [0.15, 0.2) is 52.1 Å². The van der Waals surface area contributed by atoms with Gasteiger partial charge < -0.3 is 9.77 Å². The minimum absolute atomic E-state index is 0.711. The van der Waals surface area contributed by atoms with Gasteiger partial charge in [0.25, 0.3) is 0 Å². The third-order valence-corrected chi connectivity index (χ3v) is 4.40. The van der Waals surface area contributed by atoms with Gasteiger partial charge >= 0.3 is 0 Å². The van der Waals surface area contributed by atoms with Crippen molar-refractivity contribution in [2.24, 2.45) is 5.16 Å². The Bertz CT molecular complexity index is 865. The van der Waals surface area contributed by atoms with Crippen LogP contribution in [0, 0.1) is 0 Å². The number of halogens is 1. The van der Waals surface area contributed by atoms with E-state index < -0.39 is 0 Å². The smallest absolute Gasteiger partial charge is 0.141 e. The van der Waals surface area contributed by atoms with Crippen LogP contribution in [-0.4, -0.2) is 20.5 Å². The van der Waals surface area contributed by atoms with Crippen LogP contribution in [0.3, 0.4) is 0 Å². The molecule has 0 atom stereocenters. The van der Waals surface area contributed by atoms with E-state index in [1.165, 1.54) is 0 Å². The summed E-state index contributed by atoms with van der Waals surface area (Å²) in [6.45, 7) is 0.776. The van der Waals surface area contributed by atoms with Gasteiger partial charge in [-0.15, -0.1) is 0 Å². The summed E-state index contributed by atoms with van der Waals surface area (Å²) >= 11 is 3.46. The molecule has 2 aromatic carbocycles. The van der Waals surface area contributed by atoms with E-state index >= 15 is 0 Å². The maximum Gasteiger partial charge on any atom is 0.141 e. The zero-order chi connectivity index (χ0) is 14.4. The fourth-order valence-electron chi connectivity index (χ4n) is 2.91. The Labute approximate surface area is 129 Å². The van der Waals surface area contributed by atoms with E-state index in [2.05, 4.69) is 37.8 Å². The van der Waals surface area contributed by atoms with Crippen molar-refractivity contribution in [2.75, 3.05) is 0 Å². The van der Waals surface area contributed by atoms with E-state index in [1.807, 2.05) is 30.3 Å². The molecule has 0 spiro atoms. The Kier molecular flexibility index (Phi) is 2.82. The lowest BCUT2D eigenvalue weighted by molar-refractivity contribution is 0.317. The highest BCUT2D eigenvalue weighted by Crippen LogP contribution is 2.31. The Hall–Kier alpha value is -2.14. The number of nitrogens with zero attached hydrogens (tertiary/aromatic N) is 3. The first-order chi connectivity index (χ1) is 10.3. The maximum atomic E-state index is 9.18. The van der Waals surface area contributed by atoms with Crippen LogP contribution in [-0.2, 0) is 6.54 Å². The van der Waals surface area contributed by atoms with Crippen LogP contribution >= 0.6 is 15.9 Å². The summed E-state index contributed by atoms with van der Waals surface area (Å²) < 4.78 is 3.26. The van der Waals surface area contributed by atoms with Crippen molar-refractivity contribution >= 4 is 32.7 Å². The number of benzene rings is 2. The molecule has 0 fully saturated rings. The van der Waals surface area contributed by atoms with E-state index in [0.717, 1.165) is 44.7 Å². The molecule has 0 radical (unpaired) electrons. The van der Waals surface area contributed by atoms with Crippen molar-refractivity contribution in [3.63, 3.8) is 0 Å². The molecule has 0 saturated carbocycles. The second kappa shape index (κ2) is 4.70. The Morgan fingerprint density at radius 2 is 1.95 bits per heavy atom. The number of rotatable bonds is 1. The number of aromatic nitrogens is 2. The van der Waals surface area contributed by atoms with E-state index in [0.29, 0.717) is 6.42 Å². The van der Waals surface area contributed by atoms with Crippen LogP contribution in [0.2, 0.25) is 0 Å². The van der Waals surface area contributed by atoms with Crippen molar-refractivity contribution in [2.45, 2.75) is 13.0 Å². The number of para-hydroxylation sites is 1. The number of oxime groups is 1. The van der Waals surface area contributed by atoms with E-state index in [9.17, 15) is 5.21 Å². The summed E-state index contributed by atoms with van der Waals surface area (Å²) in [5, 5.41) is 12.6. The lowest BCUT2D eigenvalue weighted by Crippen LogP contribution is -2.15. The standard InChI is InChI=1S/C16H12BrN3O/c17-11-6-4-10(5-7-11)16-18-14-3-1-2-12-13(19-21)8-9-20(16)15(12)14/h1-7,21H,8-9H2. The number of hydrogen-bond acceptors (Lipinski definition) is 3. The predicted molar refractivity (Wildman–Crippen MR) is 85.8 cm³/mol. The van der Waals surface area contributed by atoms with Gasteiger partial charge in [-0.25, -0.2) is 4.98 Å². The minimum atomic E-state index is 0.711. The molecule has 0 amide bonds. The van der Waals surface area contributed by atoms with Gasteiger partial charge in [-0.3, -0.25) is 0 Å². The second-order valence-corrected chi connectivity index (χ2v) is 5.98. The zero-order valence-corrected chi connectivity index (χ0v) is 12.7. The fraction of sp³-hybridized carbons (Fsp3) is 0.125. The van der Waals surface area contributed by atoms with Gasteiger partial charge in [0.2, 0.25) is 0 Å². The van der Waals surface area contributed by atoms with E-state index in [4.69, 9.17) is 4.98 Å². The molecule has 3 aromatic rings. The molecule has 21 heavy (non-hydrogen) atoms. The predicted octanol–water partition coefficient (Wildman–Crippen LogP) is 4.05. The van der Waals surface area contributed by atoms with Crippen molar-refractivity contribution in [1.82, 2.24) is 9.55 Å². The third-order valence-electron chi connectivity index (χ3n) is 3.87. The average molecular weight is 342 g/mol. The number of aryl methyl sites for hydroxylation is 1. The molecule has 0 saturated heterocycles. The highest BCUT2D eigenvalue weighted by molar-refractivity contribution is 9.10. The molecule has 1 aromatic heterocycles. The highest BCUT2D eigenvalue weighted by Gasteiger charge is 2.22. The normalized spacial score (nSPS) is 15.8. The summed E-state index contributed by atoms with van der Waals surface area (Å²) in [4.78, 5) is 4.76. The molecule has 104 valence electrons. The van der Waals surface area contributed by atoms with Gasteiger partial charge in [-0.2, -0.15) is 0 Å². The molecule has 0 unspecified atom stereocenters. The maximum absolute atomic E-state index is 9.18. The minimum Gasteiger partial charge on any atom is -0.411 e. The molecule has 4 rings (SSSR count). The summed E-state index contributed by atoms with van der Waals surface area (Å²) in [6, 6.07) is 14.1. The Balaban J connectivity index is 2.01. The second-order valence-electron chi connectivity index (χ2n) is 5.06. The summed E-state index contributed by atoms with van der Waals surface area (Å²) in [7, 11) is 0. The first-order valence-electron chi connectivity index (χ1n) is 6.74. The van der Waals surface area contributed by atoms with Gasteiger partial charge in [-0.05, 0) is 18.2 Å². The highest BCUT2D eigenvalue weighted by atomic mass is 79.9. The van der Waals surface area contributed by atoms with E-state index in [-0.39, 0.29) is 0 Å². The van der Waals surface area contributed by atoms with Crippen molar-refractivity contribution in [3.8, 4) is 11.4 Å². The molecule has 1 aliphatic rings. The van der Waals surface area contributed by atoms with Crippen molar-refractivity contribution in [1.29, 1.82) is 0 Å². The van der Waals surface area contributed by atoms with Crippen LogP contribution in [0.25, 0.3) is 22.4 Å². The van der Waals surface area contributed by atoms with Crippen LogP contribution < -0.4 is 0 Å². The first-order valence-corrected chi connectivity index (χ1v) is 7.54. The lowest BCUT2D eigenvalue weighted by Gasteiger charge is -2.17. The van der Waals surface area contributed by atoms with Crippen LogP contribution in [0.1, 0.15) is 12.0 Å². The molecule has 2 heterocycles. The van der Waals surface area contributed by atoms with Crippen molar-refractivity contribution < 1.29 is 5.21 Å². The van der Waals surface area contributed by atoms with Gasteiger partial charge in [0.05, 0.1) is 16.7 Å². The van der Waals surface area contributed by atoms with Gasteiger partial charge in [0, 0.05) is 28.6 Å². The molecule has 1 aliphatic heterocycles. The topological polar surface area (TPSA) is 50.4 Å². The summed E-state index contributed by atoms with van der Waals surface area (Å²) in [5.74, 6) is 0.960. The molecule has 4 nitrogen and oxygen atoms in total. The molecular weight excluding hydrogens is 330 g/mol. The SMILES string of the molecule is ON=C1CCn2c(-c3ccc(Br)cc3)nc3cccc1c32. The molecular formula is C16H12BrN3O. The van der Waals surface area contributed by atoms with Crippen molar-refractivity contribution in [3.05, 3.63) is 52.5 Å². The van der Waals surface area contributed by atoms with E-state index in [1.54, 1.807) is 0 Å². The molecule has 0 aliphatic carbocycles. The van der Waals surface area contributed by atoms with Gasteiger partial charge in [-0.1, -0.05) is 45.4 Å². The average Bonchev–Trinajstić information content (AvgIpc) is 2.89. The largest absolute Gasteiger partial charge is 0.411 e. The zero-order valence-electron chi connectivity index (χ0n) is 11.1.